The van der Waals surface area contributed by atoms with Crippen LogP contribution in [0.5, 0.6) is 5.75 Å². The molecule has 0 spiro atoms. The molecule has 0 amide bonds. The zero-order valence-electron chi connectivity index (χ0n) is 17.7. The molecule has 0 radical (unpaired) electrons. The second-order valence-corrected chi connectivity index (χ2v) is 7.36. The SMILES string of the molecule is CCOCCCNC(=NCc1ccc(OC)cc1)NCC1CN2CCN1CC2.I. The summed E-state index contributed by atoms with van der Waals surface area (Å²) < 4.78 is 10.7. The Kier molecular flexibility index (Phi) is 11.0. The van der Waals surface area contributed by atoms with Crippen LogP contribution in [0.1, 0.15) is 18.9 Å². The van der Waals surface area contributed by atoms with Gasteiger partial charge in [-0.05, 0) is 31.0 Å². The Balaban J connectivity index is 0.00000300. The molecule has 0 saturated carbocycles. The van der Waals surface area contributed by atoms with Gasteiger partial charge in [0, 0.05) is 65.1 Å². The highest BCUT2D eigenvalue weighted by Crippen LogP contribution is 2.15. The van der Waals surface area contributed by atoms with Crippen LogP contribution >= 0.6 is 24.0 Å². The number of fused-ring (bicyclic) bond motifs is 3. The van der Waals surface area contributed by atoms with Crippen molar-refractivity contribution in [1.29, 1.82) is 0 Å². The van der Waals surface area contributed by atoms with E-state index in [0.717, 1.165) is 51.0 Å². The molecule has 2 bridgehead atoms. The fraction of sp³-hybridized carbons (Fsp3) is 0.667. The number of hydrogen-bond acceptors (Lipinski definition) is 5. The first-order valence-electron chi connectivity index (χ1n) is 10.5. The summed E-state index contributed by atoms with van der Waals surface area (Å²) in [4.78, 5) is 9.96. The van der Waals surface area contributed by atoms with Gasteiger partial charge in [0.05, 0.1) is 13.7 Å². The molecule has 8 heteroatoms. The van der Waals surface area contributed by atoms with Gasteiger partial charge in [-0.25, -0.2) is 4.99 Å². The van der Waals surface area contributed by atoms with Gasteiger partial charge < -0.3 is 20.1 Å². The van der Waals surface area contributed by atoms with Crippen molar-refractivity contribution >= 4 is 29.9 Å². The number of guanidine groups is 1. The van der Waals surface area contributed by atoms with Gasteiger partial charge in [0.25, 0.3) is 0 Å². The molecule has 29 heavy (non-hydrogen) atoms. The minimum absolute atomic E-state index is 0. The fourth-order valence-corrected chi connectivity index (χ4v) is 3.73. The first-order valence-corrected chi connectivity index (χ1v) is 10.5. The van der Waals surface area contributed by atoms with Crippen molar-refractivity contribution < 1.29 is 9.47 Å². The van der Waals surface area contributed by atoms with Gasteiger partial charge in [-0.2, -0.15) is 0 Å². The second kappa shape index (κ2) is 13.3. The van der Waals surface area contributed by atoms with Crippen LogP contribution in [-0.4, -0.2) is 87.9 Å². The summed E-state index contributed by atoms with van der Waals surface area (Å²) in [6, 6.07) is 8.66. The van der Waals surface area contributed by atoms with E-state index in [0.29, 0.717) is 12.6 Å². The highest BCUT2D eigenvalue weighted by molar-refractivity contribution is 14.0. The summed E-state index contributed by atoms with van der Waals surface area (Å²) in [7, 11) is 1.69. The maximum atomic E-state index is 5.43. The minimum atomic E-state index is 0. The molecule has 3 aliphatic heterocycles. The van der Waals surface area contributed by atoms with E-state index in [4.69, 9.17) is 14.5 Å². The Morgan fingerprint density at radius 1 is 1.14 bits per heavy atom. The van der Waals surface area contributed by atoms with E-state index in [2.05, 4.69) is 32.6 Å². The first kappa shape index (κ1) is 24.2. The smallest absolute Gasteiger partial charge is 0.191 e. The van der Waals surface area contributed by atoms with E-state index < -0.39 is 0 Å². The Labute approximate surface area is 192 Å². The van der Waals surface area contributed by atoms with Crippen molar-refractivity contribution in [3.63, 3.8) is 0 Å². The lowest BCUT2D eigenvalue weighted by molar-refractivity contribution is 0.0154. The summed E-state index contributed by atoms with van der Waals surface area (Å²) in [6.45, 7) is 12.0. The third-order valence-corrected chi connectivity index (χ3v) is 5.44. The number of methoxy groups -OCH3 is 1. The summed E-state index contributed by atoms with van der Waals surface area (Å²) in [6.07, 6.45) is 0.973. The average Bonchev–Trinajstić information content (AvgIpc) is 2.76. The van der Waals surface area contributed by atoms with Gasteiger partial charge >= 0.3 is 0 Å². The average molecular weight is 517 g/mol. The van der Waals surface area contributed by atoms with Crippen LogP contribution < -0.4 is 15.4 Å². The lowest BCUT2D eigenvalue weighted by Gasteiger charge is -2.47. The Hall–Kier alpha value is -1.10. The van der Waals surface area contributed by atoms with Crippen LogP contribution in [0.2, 0.25) is 0 Å². The van der Waals surface area contributed by atoms with Crippen LogP contribution in [0.25, 0.3) is 0 Å². The molecule has 4 rings (SSSR count). The quantitative estimate of drug-likeness (QED) is 0.214. The van der Waals surface area contributed by atoms with Gasteiger partial charge in [-0.3, -0.25) is 9.80 Å². The molecule has 1 aromatic rings. The first-order chi connectivity index (χ1) is 13.8. The number of nitrogens with one attached hydrogen (secondary N) is 2. The van der Waals surface area contributed by atoms with Crippen LogP contribution in [-0.2, 0) is 11.3 Å². The monoisotopic (exact) mass is 517 g/mol. The van der Waals surface area contributed by atoms with Crippen molar-refractivity contribution in [3.05, 3.63) is 29.8 Å². The molecule has 0 aromatic heterocycles. The van der Waals surface area contributed by atoms with Crippen LogP contribution in [0.15, 0.2) is 29.3 Å². The second-order valence-electron chi connectivity index (χ2n) is 7.36. The molecule has 3 fully saturated rings. The maximum Gasteiger partial charge on any atom is 0.191 e. The van der Waals surface area contributed by atoms with E-state index >= 15 is 0 Å². The van der Waals surface area contributed by atoms with Gasteiger partial charge in [-0.15, -0.1) is 24.0 Å². The van der Waals surface area contributed by atoms with Crippen LogP contribution in [0.3, 0.4) is 0 Å². The number of ether oxygens (including phenoxy) is 2. The van der Waals surface area contributed by atoms with E-state index in [1.54, 1.807) is 7.11 Å². The third kappa shape index (κ3) is 7.92. The van der Waals surface area contributed by atoms with Gasteiger partial charge in [-0.1, -0.05) is 12.1 Å². The zero-order valence-corrected chi connectivity index (χ0v) is 20.1. The van der Waals surface area contributed by atoms with Gasteiger partial charge in [0.1, 0.15) is 5.75 Å². The molecule has 164 valence electrons. The largest absolute Gasteiger partial charge is 0.497 e. The minimum Gasteiger partial charge on any atom is -0.497 e. The summed E-state index contributed by atoms with van der Waals surface area (Å²) in [5.41, 5.74) is 1.17. The van der Waals surface area contributed by atoms with Crippen molar-refractivity contribution in [2.24, 2.45) is 4.99 Å². The lowest BCUT2D eigenvalue weighted by Crippen LogP contribution is -2.63. The molecular weight excluding hydrogens is 481 g/mol. The molecule has 3 saturated heterocycles. The molecule has 2 N–H and O–H groups in total. The van der Waals surface area contributed by atoms with Crippen LogP contribution in [0, 0.1) is 0 Å². The standard InChI is InChI=1S/C21H35N5O2.HI/c1-3-28-14-4-9-22-21(23-15-18-5-7-20(27-2)8-6-18)24-16-19-17-25-10-12-26(19)13-11-25;/h5-8,19H,3-4,9-17H2,1-2H3,(H2,22,23,24);1H. The summed E-state index contributed by atoms with van der Waals surface area (Å²) in [5.74, 6) is 1.75. The highest BCUT2D eigenvalue weighted by Gasteiger charge is 2.31. The van der Waals surface area contributed by atoms with Crippen molar-refractivity contribution in [1.82, 2.24) is 20.4 Å². The molecule has 3 heterocycles. The molecule has 7 nitrogen and oxygen atoms in total. The van der Waals surface area contributed by atoms with Crippen molar-refractivity contribution in [2.75, 3.05) is 66.1 Å². The molecule has 3 aliphatic rings. The Bertz CT molecular complexity index is 606. The number of nitrogens with zero attached hydrogens (tertiary/aromatic N) is 3. The van der Waals surface area contributed by atoms with Gasteiger partial charge in [0.2, 0.25) is 0 Å². The number of rotatable bonds is 10. The normalized spacial score (nSPS) is 23.4. The topological polar surface area (TPSA) is 61.4 Å². The van der Waals surface area contributed by atoms with Crippen molar-refractivity contribution in [3.8, 4) is 5.75 Å². The highest BCUT2D eigenvalue weighted by atomic mass is 127. The molecule has 1 aromatic carbocycles. The van der Waals surface area contributed by atoms with E-state index in [-0.39, 0.29) is 24.0 Å². The molecular formula is C21H36IN5O2. The number of benzene rings is 1. The van der Waals surface area contributed by atoms with E-state index in [1.807, 2.05) is 19.1 Å². The fourth-order valence-electron chi connectivity index (χ4n) is 3.73. The summed E-state index contributed by atoms with van der Waals surface area (Å²) in [5, 5.41) is 7.02. The van der Waals surface area contributed by atoms with E-state index in [9.17, 15) is 0 Å². The molecule has 1 unspecified atom stereocenters. The Morgan fingerprint density at radius 2 is 1.90 bits per heavy atom. The predicted molar refractivity (Wildman–Crippen MR) is 128 cm³/mol. The molecule has 0 aliphatic carbocycles. The third-order valence-electron chi connectivity index (χ3n) is 5.44. The number of hydrogen-bond donors (Lipinski definition) is 2. The van der Waals surface area contributed by atoms with Crippen LogP contribution in [0.4, 0.5) is 0 Å². The predicted octanol–water partition coefficient (Wildman–Crippen LogP) is 1.77. The lowest BCUT2D eigenvalue weighted by atomic mass is 10.1. The summed E-state index contributed by atoms with van der Waals surface area (Å²) >= 11 is 0. The number of halogens is 1. The van der Waals surface area contributed by atoms with Crippen molar-refractivity contribution in [2.45, 2.75) is 25.9 Å². The molecule has 1 atom stereocenters. The van der Waals surface area contributed by atoms with E-state index in [1.165, 1.54) is 31.7 Å². The Morgan fingerprint density at radius 3 is 2.52 bits per heavy atom. The number of piperazine rings is 3. The van der Waals surface area contributed by atoms with Gasteiger partial charge in [0.15, 0.2) is 5.96 Å². The zero-order chi connectivity index (χ0) is 19.6. The maximum absolute atomic E-state index is 5.43. The number of aliphatic imine (C=N–C) groups is 1.